The third-order valence-electron chi connectivity index (χ3n) is 3.07. The molecule has 2 aromatic rings. The molecular weight excluding hydrogens is 276 g/mol. The van der Waals surface area contributed by atoms with Gasteiger partial charge in [0.2, 0.25) is 0 Å². The number of aliphatic hydroxyl groups excluding tert-OH is 1. The standard InChI is InChI=1S/C15H18O4S/c1-20(17,18)10-4-9-19-15-8-7-12-5-2-3-6-13(12)14(15)11-16/h2-3,5-8,16H,4,9-11H2,1H3. The Morgan fingerprint density at radius 1 is 1.15 bits per heavy atom. The molecule has 0 radical (unpaired) electrons. The lowest BCUT2D eigenvalue weighted by atomic mass is 10.0. The maximum absolute atomic E-state index is 11.0. The molecule has 0 aliphatic carbocycles. The minimum atomic E-state index is -2.96. The summed E-state index contributed by atoms with van der Waals surface area (Å²) in [6, 6.07) is 11.5. The minimum Gasteiger partial charge on any atom is -0.493 e. The molecule has 0 aromatic heterocycles. The monoisotopic (exact) mass is 294 g/mol. The average molecular weight is 294 g/mol. The highest BCUT2D eigenvalue weighted by molar-refractivity contribution is 7.90. The van der Waals surface area contributed by atoms with Gasteiger partial charge in [0.25, 0.3) is 0 Å². The Balaban J connectivity index is 2.14. The highest BCUT2D eigenvalue weighted by Crippen LogP contribution is 2.28. The van der Waals surface area contributed by atoms with Crippen LogP contribution in [0.2, 0.25) is 0 Å². The van der Waals surface area contributed by atoms with E-state index in [-0.39, 0.29) is 12.4 Å². The van der Waals surface area contributed by atoms with Crippen molar-refractivity contribution in [3.05, 3.63) is 42.0 Å². The summed E-state index contributed by atoms with van der Waals surface area (Å²) in [6.07, 6.45) is 1.65. The van der Waals surface area contributed by atoms with Crippen molar-refractivity contribution < 1.29 is 18.3 Å². The van der Waals surface area contributed by atoms with Crippen molar-refractivity contribution in [1.82, 2.24) is 0 Å². The number of sulfone groups is 1. The fraction of sp³-hybridized carbons (Fsp3) is 0.333. The van der Waals surface area contributed by atoms with E-state index in [0.29, 0.717) is 18.8 Å². The second kappa shape index (κ2) is 6.24. The van der Waals surface area contributed by atoms with E-state index in [2.05, 4.69) is 0 Å². The molecule has 4 nitrogen and oxygen atoms in total. The van der Waals surface area contributed by atoms with Crippen LogP contribution in [0.4, 0.5) is 0 Å². The van der Waals surface area contributed by atoms with Crippen LogP contribution in [0.25, 0.3) is 10.8 Å². The Hall–Kier alpha value is -1.59. The van der Waals surface area contributed by atoms with E-state index >= 15 is 0 Å². The molecular formula is C15H18O4S. The Morgan fingerprint density at radius 3 is 2.60 bits per heavy atom. The van der Waals surface area contributed by atoms with Gasteiger partial charge in [0.1, 0.15) is 15.6 Å². The number of fused-ring (bicyclic) bond motifs is 1. The summed E-state index contributed by atoms with van der Waals surface area (Å²) < 4.78 is 27.7. The minimum absolute atomic E-state index is 0.106. The lowest BCUT2D eigenvalue weighted by Gasteiger charge is -2.12. The fourth-order valence-electron chi connectivity index (χ4n) is 2.12. The second-order valence-electron chi connectivity index (χ2n) is 4.75. The van der Waals surface area contributed by atoms with Crippen molar-refractivity contribution in [2.24, 2.45) is 0 Å². The predicted molar refractivity (Wildman–Crippen MR) is 79.7 cm³/mol. The molecule has 0 saturated heterocycles. The summed E-state index contributed by atoms with van der Waals surface area (Å²) in [5, 5.41) is 11.5. The SMILES string of the molecule is CS(=O)(=O)CCCOc1ccc2ccccc2c1CO. The van der Waals surface area contributed by atoms with Crippen LogP contribution in [-0.2, 0) is 16.4 Å². The van der Waals surface area contributed by atoms with Crippen LogP contribution in [0.3, 0.4) is 0 Å². The van der Waals surface area contributed by atoms with Crippen molar-refractivity contribution in [2.45, 2.75) is 13.0 Å². The van der Waals surface area contributed by atoms with Gasteiger partial charge in [-0.15, -0.1) is 0 Å². The predicted octanol–water partition coefficient (Wildman–Crippen LogP) is 2.15. The van der Waals surface area contributed by atoms with Crippen molar-refractivity contribution in [3.8, 4) is 5.75 Å². The topological polar surface area (TPSA) is 63.6 Å². The smallest absolute Gasteiger partial charge is 0.147 e. The summed E-state index contributed by atoms with van der Waals surface area (Å²) in [4.78, 5) is 0. The summed E-state index contributed by atoms with van der Waals surface area (Å²) >= 11 is 0. The van der Waals surface area contributed by atoms with Crippen molar-refractivity contribution >= 4 is 20.6 Å². The first-order chi connectivity index (χ1) is 9.51. The lowest BCUT2D eigenvalue weighted by molar-refractivity contribution is 0.264. The average Bonchev–Trinajstić information content (AvgIpc) is 2.42. The summed E-state index contributed by atoms with van der Waals surface area (Å²) in [6.45, 7) is 0.209. The lowest BCUT2D eigenvalue weighted by Crippen LogP contribution is -2.08. The highest BCUT2D eigenvalue weighted by atomic mass is 32.2. The van der Waals surface area contributed by atoms with Crippen LogP contribution in [0.1, 0.15) is 12.0 Å². The Labute approximate surface area is 118 Å². The van der Waals surface area contributed by atoms with Gasteiger partial charge in [-0.1, -0.05) is 30.3 Å². The molecule has 0 atom stereocenters. The number of hydrogen-bond acceptors (Lipinski definition) is 4. The van der Waals surface area contributed by atoms with Crippen LogP contribution < -0.4 is 4.74 Å². The number of ether oxygens (including phenoxy) is 1. The first-order valence-corrected chi connectivity index (χ1v) is 8.49. The number of benzene rings is 2. The second-order valence-corrected chi connectivity index (χ2v) is 7.01. The Morgan fingerprint density at radius 2 is 1.90 bits per heavy atom. The third-order valence-corrected chi connectivity index (χ3v) is 4.10. The van der Waals surface area contributed by atoms with Gasteiger partial charge < -0.3 is 9.84 Å². The van der Waals surface area contributed by atoms with Crippen LogP contribution in [0, 0.1) is 0 Å². The van der Waals surface area contributed by atoms with Gasteiger partial charge in [-0.05, 0) is 23.3 Å². The maximum Gasteiger partial charge on any atom is 0.147 e. The zero-order chi connectivity index (χ0) is 14.6. The molecule has 0 heterocycles. The molecule has 2 rings (SSSR count). The third kappa shape index (κ3) is 3.71. The van der Waals surface area contributed by atoms with Gasteiger partial charge in [-0.25, -0.2) is 8.42 Å². The van der Waals surface area contributed by atoms with Gasteiger partial charge in [-0.3, -0.25) is 0 Å². The molecule has 0 bridgehead atoms. The Bertz CT molecular complexity index is 692. The van der Waals surface area contributed by atoms with E-state index in [4.69, 9.17) is 4.74 Å². The van der Waals surface area contributed by atoms with Gasteiger partial charge >= 0.3 is 0 Å². The molecule has 0 fully saturated rings. The number of rotatable bonds is 6. The molecule has 0 aliphatic heterocycles. The van der Waals surface area contributed by atoms with Crippen molar-refractivity contribution in [1.29, 1.82) is 0 Å². The molecule has 0 spiro atoms. The summed E-state index contributed by atoms with van der Waals surface area (Å²) in [5.74, 6) is 0.717. The molecule has 0 saturated carbocycles. The normalized spacial score (nSPS) is 11.7. The molecule has 5 heteroatoms. The number of hydrogen-bond donors (Lipinski definition) is 1. The van der Waals surface area contributed by atoms with Gasteiger partial charge in [-0.2, -0.15) is 0 Å². The van der Waals surface area contributed by atoms with E-state index in [1.807, 2.05) is 36.4 Å². The van der Waals surface area contributed by atoms with E-state index in [9.17, 15) is 13.5 Å². The molecule has 1 N–H and O–H groups in total. The van der Waals surface area contributed by atoms with E-state index < -0.39 is 9.84 Å². The first kappa shape index (κ1) is 14.8. The molecule has 108 valence electrons. The highest BCUT2D eigenvalue weighted by Gasteiger charge is 2.08. The zero-order valence-corrected chi connectivity index (χ0v) is 12.2. The molecule has 0 amide bonds. The Kier molecular flexibility index (Phi) is 4.62. The quantitative estimate of drug-likeness (QED) is 0.829. The zero-order valence-electron chi connectivity index (χ0n) is 11.4. The van der Waals surface area contributed by atoms with Crippen molar-refractivity contribution in [2.75, 3.05) is 18.6 Å². The first-order valence-electron chi connectivity index (χ1n) is 6.43. The summed E-state index contributed by atoms with van der Waals surface area (Å²) in [7, 11) is -2.96. The summed E-state index contributed by atoms with van der Waals surface area (Å²) in [5.41, 5.74) is 0.738. The van der Waals surface area contributed by atoms with Crippen molar-refractivity contribution in [3.63, 3.8) is 0 Å². The van der Waals surface area contributed by atoms with Crippen LogP contribution >= 0.6 is 0 Å². The van der Waals surface area contributed by atoms with Crippen LogP contribution in [0.5, 0.6) is 5.75 Å². The fourth-order valence-corrected chi connectivity index (χ4v) is 2.76. The maximum atomic E-state index is 11.0. The van der Waals surface area contributed by atoms with Crippen LogP contribution in [0.15, 0.2) is 36.4 Å². The van der Waals surface area contributed by atoms with Crippen LogP contribution in [-0.4, -0.2) is 32.1 Å². The largest absolute Gasteiger partial charge is 0.493 e. The molecule has 2 aromatic carbocycles. The molecule has 0 aliphatic rings. The van der Waals surface area contributed by atoms with E-state index in [0.717, 1.165) is 16.3 Å². The molecule has 20 heavy (non-hydrogen) atoms. The van der Waals surface area contributed by atoms with E-state index in [1.54, 1.807) is 0 Å². The molecule has 0 unspecified atom stereocenters. The van der Waals surface area contributed by atoms with Gasteiger partial charge in [0.05, 0.1) is 19.0 Å². The van der Waals surface area contributed by atoms with Gasteiger partial charge in [0.15, 0.2) is 0 Å². The van der Waals surface area contributed by atoms with Gasteiger partial charge in [0, 0.05) is 11.8 Å². The number of aliphatic hydroxyl groups is 1. The van der Waals surface area contributed by atoms with E-state index in [1.165, 1.54) is 6.26 Å².